The van der Waals surface area contributed by atoms with E-state index in [1.807, 2.05) is 0 Å². The Balaban J connectivity index is 1.81. The summed E-state index contributed by atoms with van der Waals surface area (Å²) < 4.78 is 33.0. The highest BCUT2D eigenvalue weighted by atomic mass is 79.9. The molecule has 1 N–H and O–H groups in total. The first-order chi connectivity index (χ1) is 12.4. The van der Waals surface area contributed by atoms with Crippen LogP contribution in [0.15, 0.2) is 27.6 Å². The van der Waals surface area contributed by atoms with Crippen LogP contribution < -0.4 is 5.32 Å². The fraction of sp³-hybridized carbons (Fsp3) is 0.611. The van der Waals surface area contributed by atoms with Crippen LogP contribution in [-0.4, -0.2) is 51.0 Å². The van der Waals surface area contributed by atoms with Gasteiger partial charge in [-0.15, -0.1) is 0 Å². The van der Waals surface area contributed by atoms with Crippen molar-refractivity contribution < 1.29 is 17.9 Å². The molecule has 26 heavy (non-hydrogen) atoms. The molecule has 2 atom stereocenters. The summed E-state index contributed by atoms with van der Waals surface area (Å²) in [5, 5.41) is 3.08. The monoisotopic (exact) mass is 444 g/mol. The minimum absolute atomic E-state index is 0.128. The van der Waals surface area contributed by atoms with Crippen molar-refractivity contribution in [3.05, 3.63) is 28.2 Å². The van der Waals surface area contributed by atoms with Crippen molar-refractivity contribution in [2.45, 2.75) is 43.5 Å². The molecule has 1 aliphatic heterocycles. The standard InChI is InChI=1S/C18H25BrN2O4S/c1-13-4-2-3-5-16(13)20-18(22)14-6-7-15(19)17(12-14)26(23,24)21-8-10-25-11-9-21/h6-7,12-13,16H,2-5,8-11H2,1H3,(H,20,22)/t13-,16+/m0/s1. The predicted molar refractivity (Wildman–Crippen MR) is 103 cm³/mol. The first-order valence-electron chi connectivity index (χ1n) is 9.08. The second-order valence-electron chi connectivity index (χ2n) is 7.00. The average Bonchev–Trinajstić information content (AvgIpc) is 2.64. The summed E-state index contributed by atoms with van der Waals surface area (Å²) in [6.45, 7) is 3.57. The van der Waals surface area contributed by atoms with Crippen molar-refractivity contribution >= 4 is 31.9 Å². The van der Waals surface area contributed by atoms with E-state index in [0.717, 1.165) is 19.3 Å². The van der Waals surface area contributed by atoms with Gasteiger partial charge in [-0.05, 0) is 52.9 Å². The molecule has 1 saturated heterocycles. The molecule has 0 aromatic heterocycles. The SMILES string of the molecule is C[C@H]1CCCC[C@H]1NC(=O)c1ccc(Br)c(S(=O)(=O)N2CCOCC2)c1. The highest BCUT2D eigenvalue weighted by Gasteiger charge is 2.29. The van der Waals surface area contributed by atoms with E-state index in [1.165, 1.54) is 16.8 Å². The van der Waals surface area contributed by atoms with Crippen LogP contribution in [0.3, 0.4) is 0 Å². The number of hydrogen-bond acceptors (Lipinski definition) is 4. The van der Waals surface area contributed by atoms with Gasteiger partial charge in [0.05, 0.1) is 18.1 Å². The number of ether oxygens (including phenoxy) is 1. The van der Waals surface area contributed by atoms with E-state index in [0.29, 0.717) is 42.3 Å². The minimum Gasteiger partial charge on any atom is -0.379 e. The summed E-state index contributed by atoms with van der Waals surface area (Å²) in [7, 11) is -3.67. The van der Waals surface area contributed by atoms with Crippen LogP contribution in [0.2, 0.25) is 0 Å². The van der Waals surface area contributed by atoms with E-state index in [2.05, 4.69) is 28.2 Å². The quantitative estimate of drug-likeness (QED) is 0.774. The molecule has 0 spiro atoms. The third-order valence-electron chi connectivity index (χ3n) is 5.21. The smallest absolute Gasteiger partial charge is 0.251 e. The number of rotatable bonds is 4. The number of halogens is 1. The topological polar surface area (TPSA) is 75.7 Å². The number of nitrogens with zero attached hydrogens (tertiary/aromatic N) is 1. The lowest BCUT2D eigenvalue weighted by atomic mass is 9.86. The molecule has 144 valence electrons. The Morgan fingerprint density at radius 2 is 1.92 bits per heavy atom. The van der Waals surface area contributed by atoms with Crippen LogP contribution in [0, 0.1) is 5.92 Å². The Hall–Kier alpha value is -0.960. The molecule has 1 aromatic rings. The number of hydrogen-bond donors (Lipinski definition) is 1. The molecule has 3 rings (SSSR count). The fourth-order valence-electron chi connectivity index (χ4n) is 3.55. The fourth-order valence-corrected chi connectivity index (χ4v) is 5.91. The second-order valence-corrected chi connectivity index (χ2v) is 9.76. The van der Waals surface area contributed by atoms with E-state index in [9.17, 15) is 13.2 Å². The van der Waals surface area contributed by atoms with Gasteiger partial charge in [-0.2, -0.15) is 4.31 Å². The van der Waals surface area contributed by atoms with Gasteiger partial charge in [0.2, 0.25) is 10.0 Å². The van der Waals surface area contributed by atoms with E-state index in [4.69, 9.17) is 4.74 Å². The number of amides is 1. The Labute approximate surface area is 163 Å². The van der Waals surface area contributed by atoms with Gasteiger partial charge >= 0.3 is 0 Å². The second kappa shape index (κ2) is 8.37. The molecule has 1 aromatic carbocycles. The number of nitrogens with one attached hydrogen (secondary N) is 1. The molecule has 6 nitrogen and oxygen atoms in total. The zero-order valence-corrected chi connectivity index (χ0v) is 17.3. The number of carbonyl (C=O) groups excluding carboxylic acids is 1. The largest absolute Gasteiger partial charge is 0.379 e. The van der Waals surface area contributed by atoms with Gasteiger partial charge in [-0.1, -0.05) is 19.8 Å². The number of sulfonamides is 1. The highest BCUT2D eigenvalue weighted by Crippen LogP contribution is 2.28. The van der Waals surface area contributed by atoms with Crippen LogP contribution in [0.5, 0.6) is 0 Å². The van der Waals surface area contributed by atoms with Crippen LogP contribution >= 0.6 is 15.9 Å². The lowest BCUT2D eigenvalue weighted by molar-refractivity contribution is 0.0730. The summed E-state index contributed by atoms with van der Waals surface area (Å²) in [4.78, 5) is 12.8. The lowest BCUT2D eigenvalue weighted by Crippen LogP contribution is -2.41. The van der Waals surface area contributed by atoms with E-state index in [1.54, 1.807) is 12.1 Å². The molecule has 2 fully saturated rings. The van der Waals surface area contributed by atoms with Gasteiger partial charge in [0, 0.05) is 29.2 Å². The normalized spacial score (nSPS) is 25.0. The molecule has 0 radical (unpaired) electrons. The molecular formula is C18H25BrN2O4S. The number of carbonyl (C=O) groups is 1. The highest BCUT2D eigenvalue weighted by molar-refractivity contribution is 9.10. The van der Waals surface area contributed by atoms with Crippen LogP contribution in [0.25, 0.3) is 0 Å². The average molecular weight is 445 g/mol. The molecule has 1 amide bonds. The summed E-state index contributed by atoms with van der Waals surface area (Å²) >= 11 is 3.32. The van der Waals surface area contributed by atoms with Crippen molar-refractivity contribution in [2.24, 2.45) is 5.92 Å². The van der Waals surface area contributed by atoms with Gasteiger partial charge in [-0.3, -0.25) is 4.79 Å². The van der Waals surface area contributed by atoms with Crippen LogP contribution in [0.1, 0.15) is 43.0 Å². The predicted octanol–water partition coefficient (Wildman–Crippen LogP) is 2.78. The van der Waals surface area contributed by atoms with Crippen LogP contribution in [-0.2, 0) is 14.8 Å². The summed E-state index contributed by atoms with van der Waals surface area (Å²) in [5.41, 5.74) is 0.373. The Morgan fingerprint density at radius 1 is 1.23 bits per heavy atom. The third kappa shape index (κ3) is 4.30. The Kier molecular flexibility index (Phi) is 6.37. The van der Waals surface area contributed by atoms with Gasteiger partial charge in [0.15, 0.2) is 0 Å². The zero-order chi connectivity index (χ0) is 18.7. The van der Waals surface area contributed by atoms with Crippen molar-refractivity contribution in [2.75, 3.05) is 26.3 Å². The first kappa shape index (κ1) is 19.8. The van der Waals surface area contributed by atoms with E-state index in [-0.39, 0.29) is 16.8 Å². The molecular weight excluding hydrogens is 420 g/mol. The maximum atomic E-state index is 12.9. The molecule has 2 aliphatic rings. The maximum absolute atomic E-state index is 12.9. The zero-order valence-electron chi connectivity index (χ0n) is 14.9. The Morgan fingerprint density at radius 3 is 2.62 bits per heavy atom. The van der Waals surface area contributed by atoms with Crippen molar-refractivity contribution in [1.29, 1.82) is 0 Å². The number of morpholine rings is 1. The summed E-state index contributed by atoms with van der Waals surface area (Å²) in [5.74, 6) is 0.231. The number of benzene rings is 1. The lowest BCUT2D eigenvalue weighted by Gasteiger charge is -2.29. The molecule has 1 aliphatic carbocycles. The van der Waals surface area contributed by atoms with Crippen molar-refractivity contribution in [1.82, 2.24) is 9.62 Å². The molecule has 0 unspecified atom stereocenters. The molecule has 0 bridgehead atoms. The molecule has 1 heterocycles. The van der Waals surface area contributed by atoms with Crippen LogP contribution in [0.4, 0.5) is 0 Å². The van der Waals surface area contributed by atoms with Gasteiger partial charge in [0.1, 0.15) is 0 Å². The van der Waals surface area contributed by atoms with Gasteiger partial charge in [0.25, 0.3) is 5.91 Å². The van der Waals surface area contributed by atoms with Crippen molar-refractivity contribution in [3.63, 3.8) is 0 Å². The van der Waals surface area contributed by atoms with E-state index >= 15 is 0 Å². The minimum atomic E-state index is -3.67. The van der Waals surface area contributed by atoms with Gasteiger partial charge in [-0.25, -0.2) is 8.42 Å². The van der Waals surface area contributed by atoms with Crippen molar-refractivity contribution in [3.8, 4) is 0 Å². The maximum Gasteiger partial charge on any atom is 0.251 e. The van der Waals surface area contributed by atoms with Gasteiger partial charge < -0.3 is 10.1 Å². The van der Waals surface area contributed by atoms with E-state index < -0.39 is 10.0 Å². The third-order valence-corrected chi connectivity index (χ3v) is 8.10. The Bertz CT molecular complexity index is 762. The molecule has 1 saturated carbocycles. The molecule has 8 heteroatoms. The first-order valence-corrected chi connectivity index (χ1v) is 11.3. The summed E-state index contributed by atoms with van der Waals surface area (Å²) in [6, 6.07) is 4.91. The summed E-state index contributed by atoms with van der Waals surface area (Å²) in [6.07, 6.45) is 4.41.